The second-order valence-corrected chi connectivity index (χ2v) is 8.52. The van der Waals surface area contributed by atoms with Crippen LogP contribution in [0.1, 0.15) is 52.9 Å². The van der Waals surface area contributed by atoms with Gasteiger partial charge in [-0.3, -0.25) is 24.6 Å². The molecule has 1 aromatic heterocycles. The number of nitrogens with zero attached hydrogens (tertiary/aromatic N) is 3. The normalized spacial score (nSPS) is 21.8. The highest BCUT2D eigenvalue weighted by atomic mass is 16.3. The summed E-state index contributed by atoms with van der Waals surface area (Å²) in [6.07, 6.45) is 5.78. The van der Waals surface area contributed by atoms with Gasteiger partial charge in [-0.1, -0.05) is 17.9 Å². The van der Waals surface area contributed by atoms with E-state index in [4.69, 9.17) is 4.42 Å². The van der Waals surface area contributed by atoms with E-state index in [0.29, 0.717) is 24.4 Å². The molecule has 0 spiro atoms. The van der Waals surface area contributed by atoms with Gasteiger partial charge in [-0.05, 0) is 50.0 Å². The zero-order valence-corrected chi connectivity index (χ0v) is 17.7. The van der Waals surface area contributed by atoms with Crippen LogP contribution in [0.4, 0.5) is 0 Å². The molecule has 8 nitrogen and oxygen atoms in total. The van der Waals surface area contributed by atoms with E-state index in [1.165, 1.54) is 6.39 Å². The van der Waals surface area contributed by atoms with Crippen LogP contribution in [-0.2, 0) is 22.7 Å². The molecule has 0 radical (unpaired) electrons. The largest absolute Gasteiger partial charge is 0.447 e. The number of imide groups is 1. The Balaban J connectivity index is 1.25. The van der Waals surface area contributed by atoms with Crippen molar-refractivity contribution >= 4 is 17.7 Å². The number of benzene rings is 1. The molecule has 0 aliphatic carbocycles. The summed E-state index contributed by atoms with van der Waals surface area (Å²) in [5.74, 6) is 7.04. The Morgan fingerprint density at radius 1 is 1.16 bits per heavy atom. The van der Waals surface area contributed by atoms with Crippen molar-refractivity contribution in [2.24, 2.45) is 5.92 Å². The molecule has 8 heteroatoms. The minimum absolute atomic E-state index is 0.168. The maximum Gasteiger partial charge on any atom is 0.255 e. The predicted molar refractivity (Wildman–Crippen MR) is 114 cm³/mol. The zero-order valence-electron chi connectivity index (χ0n) is 17.7. The molecule has 1 unspecified atom stereocenters. The van der Waals surface area contributed by atoms with E-state index in [1.807, 2.05) is 12.1 Å². The molecule has 2 aromatic rings. The summed E-state index contributed by atoms with van der Waals surface area (Å²) in [5.41, 5.74) is 2.32. The molecule has 3 amide bonds. The lowest BCUT2D eigenvalue weighted by molar-refractivity contribution is -0.136. The third-order valence-electron chi connectivity index (χ3n) is 6.44. The number of hydrogen-bond acceptors (Lipinski definition) is 6. The standard InChI is InChI=1S/C24H24N4O4/c29-22-7-6-21(23(30)26-22)28-14-20-17(2-1-3-19(20)24(28)31)5-4-16-8-10-27(11-9-16)13-18-12-25-15-32-18/h1-3,12,15-16,21H,6-11,13-14H2,(H,26,29,30). The number of aromatic nitrogens is 1. The van der Waals surface area contributed by atoms with Crippen LogP contribution in [0, 0.1) is 17.8 Å². The molecule has 164 valence electrons. The SMILES string of the molecule is O=C1CCC(N2Cc3c(C#CC4CCN(Cc5cnco5)CC4)cccc3C2=O)C(=O)N1. The second-order valence-electron chi connectivity index (χ2n) is 8.52. The molecule has 3 aliphatic rings. The van der Waals surface area contributed by atoms with Crippen molar-refractivity contribution in [2.45, 2.75) is 44.8 Å². The van der Waals surface area contributed by atoms with Gasteiger partial charge in [0, 0.05) is 30.0 Å². The van der Waals surface area contributed by atoms with E-state index in [1.54, 1.807) is 17.2 Å². The predicted octanol–water partition coefficient (Wildman–Crippen LogP) is 1.70. The van der Waals surface area contributed by atoms with Crippen LogP contribution in [0.15, 0.2) is 35.2 Å². The van der Waals surface area contributed by atoms with Gasteiger partial charge in [0.05, 0.1) is 12.7 Å². The van der Waals surface area contributed by atoms with Gasteiger partial charge in [0.1, 0.15) is 11.8 Å². The first-order valence-corrected chi connectivity index (χ1v) is 11.0. The lowest BCUT2D eigenvalue weighted by Gasteiger charge is -2.29. The van der Waals surface area contributed by atoms with E-state index in [-0.39, 0.29) is 18.2 Å². The van der Waals surface area contributed by atoms with Gasteiger partial charge in [0.25, 0.3) is 5.91 Å². The average molecular weight is 432 g/mol. The molecule has 1 aromatic carbocycles. The third kappa shape index (κ3) is 4.04. The van der Waals surface area contributed by atoms with Crippen LogP contribution < -0.4 is 5.32 Å². The van der Waals surface area contributed by atoms with Crippen molar-refractivity contribution in [1.29, 1.82) is 0 Å². The Morgan fingerprint density at radius 2 is 2.00 bits per heavy atom. The second kappa shape index (κ2) is 8.60. The van der Waals surface area contributed by atoms with E-state index < -0.39 is 11.9 Å². The Bertz CT molecular complexity index is 1110. The molecule has 2 fully saturated rings. The highest BCUT2D eigenvalue weighted by Gasteiger charge is 2.39. The number of nitrogens with one attached hydrogen (secondary N) is 1. The number of hydrogen-bond donors (Lipinski definition) is 1. The maximum absolute atomic E-state index is 12.9. The van der Waals surface area contributed by atoms with E-state index in [0.717, 1.165) is 49.4 Å². The summed E-state index contributed by atoms with van der Waals surface area (Å²) in [4.78, 5) is 44.5. The summed E-state index contributed by atoms with van der Waals surface area (Å²) in [7, 11) is 0. The topological polar surface area (TPSA) is 95.8 Å². The number of oxazole rings is 1. The molecular formula is C24H24N4O4. The van der Waals surface area contributed by atoms with Gasteiger partial charge >= 0.3 is 0 Å². The van der Waals surface area contributed by atoms with Crippen LogP contribution in [0.25, 0.3) is 0 Å². The van der Waals surface area contributed by atoms with Crippen LogP contribution in [-0.4, -0.2) is 51.6 Å². The third-order valence-corrected chi connectivity index (χ3v) is 6.44. The monoisotopic (exact) mass is 432 g/mol. The van der Waals surface area contributed by atoms with Gasteiger partial charge < -0.3 is 9.32 Å². The first-order valence-electron chi connectivity index (χ1n) is 11.0. The minimum Gasteiger partial charge on any atom is -0.447 e. The quantitative estimate of drug-likeness (QED) is 0.586. The molecule has 3 aliphatic heterocycles. The summed E-state index contributed by atoms with van der Waals surface area (Å²) in [6, 6.07) is 4.96. The van der Waals surface area contributed by atoms with Crippen LogP contribution in [0.3, 0.4) is 0 Å². The summed E-state index contributed by atoms with van der Waals surface area (Å²) in [6.45, 7) is 3.02. The average Bonchev–Trinajstić information content (AvgIpc) is 3.42. The Hall–Kier alpha value is -3.44. The number of carbonyl (C=O) groups is 3. The number of likely N-dealkylation sites (tertiary alicyclic amines) is 1. The lowest BCUT2D eigenvalue weighted by Crippen LogP contribution is -2.52. The fourth-order valence-corrected chi connectivity index (χ4v) is 4.66. The first-order chi connectivity index (χ1) is 15.6. The lowest BCUT2D eigenvalue weighted by atomic mass is 9.96. The molecule has 5 rings (SSSR count). The number of rotatable bonds is 3. The molecule has 32 heavy (non-hydrogen) atoms. The van der Waals surface area contributed by atoms with Crippen LogP contribution in [0.5, 0.6) is 0 Å². The minimum atomic E-state index is -0.609. The Kier molecular flexibility index (Phi) is 5.50. The van der Waals surface area contributed by atoms with Crippen LogP contribution in [0.2, 0.25) is 0 Å². The summed E-state index contributed by atoms with van der Waals surface area (Å²) in [5, 5.41) is 2.34. The fraction of sp³-hybridized carbons (Fsp3) is 0.417. The van der Waals surface area contributed by atoms with Gasteiger partial charge in [-0.25, -0.2) is 4.98 Å². The highest BCUT2D eigenvalue weighted by molar-refractivity contribution is 6.05. The number of carbonyl (C=O) groups excluding carboxylic acids is 3. The molecule has 4 heterocycles. The molecule has 1 N–H and O–H groups in total. The van der Waals surface area contributed by atoms with Gasteiger partial charge in [-0.15, -0.1) is 0 Å². The maximum atomic E-state index is 12.9. The molecule has 0 bridgehead atoms. The van der Waals surface area contributed by atoms with Gasteiger partial charge in [-0.2, -0.15) is 0 Å². The van der Waals surface area contributed by atoms with Crippen molar-refractivity contribution in [1.82, 2.24) is 20.1 Å². The molecular weight excluding hydrogens is 408 g/mol. The van der Waals surface area contributed by atoms with Crippen molar-refractivity contribution < 1.29 is 18.8 Å². The summed E-state index contributed by atoms with van der Waals surface area (Å²) < 4.78 is 5.33. The Labute approximate surface area is 186 Å². The van der Waals surface area contributed by atoms with E-state index in [2.05, 4.69) is 27.0 Å². The zero-order chi connectivity index (χ0) is 22.1. The number of amides is 3. The van der Waals surface area contributed by atoms with E-state index >= 15 is 0 Å². The van der Waals surface area contributed by atoms with Crippen molar-refractivity contribution in [2.75, 3.05) is 13.1 Å². The smallest absolute Gasteiger partial charge is 0.255 e. The molecule has 0 saturated carbocycles. The first kappa shape index (κ1) is 20.5. The Morgan fingerprint density at radius 3 is 2.75 bits per heavy atom. The number of piperidine rings is 2. The van der Waals surface area contributed by atoms with Crippen molar-refractivity contribution in [3.63, 3.8) is 0 Å². The van der Waals surface area contributed by atoms with E-state index in [9.17, 15) is 14.4 Å². The van der Waals surface area contributed by atoms with Gasteiger partial charge in [0.2, 0.25) is 11.8 Å². The molecule has 1 atom stereocenters. The van der Waals surface area contributed by atoms with Crippen molar-refractivity contribution in [3.05, 3.63) is 53.2 Å². The van der Waals surface area contributed by atoms with Crippen molar-refractivity contribution in [3.8, 4) is 11.8 Å². The molecule has 2 saturated heterocycles. The van der Waals surface area contributed by atoms with Crippen LogP contribution >= 0.6 is 0 Å². The van der Waals surface area contributed by atoms with Gasteiger partial charge in [0.15, 0.2) is 6.39 Å². The highest BCUT2D eigenvalue weighted by Crippen LogP contribution is 2.29. The summed E-state index contributed by atoms with van der Waals surface area (Å²) >= 11 is 0. The fourth-order valence-electron chi connectivity index (χ4n) is 4.66. The number of fused-ring (bicyclic) bond motifs is 1.